The van der Waals surface area contributed by atoms with Gasteiger partial charge in [0.1, 0.15) is 9.84 Å². The van der Waals surface area contributed by atoms with E-state index in [1.807, 2.05) is 0 Å². The predicted octanol–water partition coefficient (Wildman–Crippen LogP) is 2.39. The summed E-state index contributed by atoms with van der Waals surface area (Å²) in [6.07, 6.45) is 6.76. The minimum atomic E-state index is -2.79. The molecule has 0 rings (SSSR count). The summed E-state index contributed by atoms with van der Waals surface area (Å²) in [6.45, 7) is 3.95. The zero-order valence-corrected chi connectivity index (χ0v) is 9.15. The lowest BCUT2D eigenvalue weighted by Gasteiger charge is -2.07. The molecule has 0 bridgehead atoms. The van der Waals surface area contributed by atoms with Gasteiger partial charge >= 0.3 is 0 Å². The predicted molar refractivity (Wildman–Crippen MR) is 53.1 cm³/mol. The Hall–Kier alpha value is -0.0500. The van der Waals surface area contributed by atoms with Crippen LogP contribution in [0.15, 0.2) is 0 Å². The minimum Gasteiger partial charge on any atom is -0.229 e. The first kappa shape index (κ1) is 11.9. The van der Waals surface area contributed by atoms with Crippen molar-refractivity contribution in [3.8, 4) is 0 Å². The van der Waals surface area contributed by atoms with Crippen LogP contribution < -0.4 is 0 Å². The van der Waals surface area contributed by atoms with Crippen molar-refractivity contribution in [2.45, 2.75) is 51.2 Å². The third-order valence-corrected chi connectivity index (χ3v) is 3.89. The molecule has 0 saturated heterocycles. The summed E-state index contributed by atoms with van der Waals surface area (Å²) in [5, 5.41) is -0.158. The van der Waals surface area contributed by atoms with E-state index in [1.54, 1.807) is 6.92 Å². The summed E-state index contributed by atoms with van der Waals surface area (Å²) in [5.41, 5.74) is 0. The Bertz CT molecular complexity index is 195. The third-order valence-electron chi connectivity index (χ3n) is 2.20. The van der Waals surface area contributed by atoms with Gasteiger partial charge in [0.05, 0.1) is 5.25 Å². The van der Waals surface area contributed by atoms with Gasteiger partial charge in [0.2, 0.25) is 0 Å². The van der Waals surface area contributed by atoms with Crippen molar-refractivity contribution in [2.75, 3.05) is 6.26 Å². The lowest BCUT2D eigenvalue weighted by molar-refractivity contribution is 0.568. The summed E-state index contributed by atoms with van der Waals surface area (Å²) < 4.78 is 22.0. The van der Waals surface area contributed by atoms with E-state index < -0.39 is 9.84 Å². The average molecular weight is 192 g/mol. The number of sulfone groups is 1. The Kier molecular flexibility index (Phi) is 5.55. The van der Waals surface area contributed by atoms with Crippen LogP contribution in [0.3, 0.4) is 0 Å². The second kappa shape index (κ2) is 5.57. The molecule has 0 amide bonds. The van der Waals surface area contributed by atoms with Crippen LogP contribution in [-0.2, 0) is 9.84 Å². The second-order valence-corrected chi connectivity index (χ2v) is 5.95. The molecule has 0 aromatic heterocycles. The van der Waals surface area contributed by atoms with Crippen molar-refractivity contribution in [3.05, 3.63) is 0 Å². The zero-order valence-electron chi connectivity index (χ0n) is 8.34. The molecule has 0 spiro atoms. The summed E-state index contributed by atoms with van der Waals surface area (Å²) in [6, 6.07) is 0. The fraction of sp³-hybridized carbons (Fsp3) is 1.00. The first-order chi connectivity index (χ1) is 5.48. The number of rotatable bonds is 6. The van der Waals surface area contributed by atoms with Crippen molar-refractivity contribution in [3.63, 3.8) is 0 Å². The van der Waals surface area contributed by atoms with E-state index in [4.69, 9.17) is 0 Å². The van der Waals surface area contributed by atoms with Gasteiger partial charge in [-0.15, -0.1) is 0 Å². The van der Waals surface area contributed by atoms with Crippen LogP contribution in [0, 0.1) is 0 Å². The van der Waals surface area contributed by atoms with Gasteiger partial charge in [-0.05, 0) is 13.3 Å². The van der Waals surface area contributed by atoms with E-state index in [0.717, 1.165) is 19.3 Å². The Morgan fingerprint density at radius 3 is 2.17 bits per heavy atom. The molecule has 74 valence electrons. The third kappa shape index (κ3) is 5.58. The summed E-state index contributed by atoms with van der Waals surface area (Å²) in [5.74, 6) is 0. The second-order valence-electron chi connectivity index (χ2n) is 3.49. The Morgan fingerprint density at radius 1 is 1.17 bits per heavy atom. The lowest BCUT2D eigenvalue weighted by Crippen LogP contribution is -2.15. The molecule has 0 saturated carbocycles. The van der Waals surface area contributed by atoms with Crippen molar-refractivity contribution in [1.29, 1.82) is 0 Å². The zero-order chi connectivity index (χ0) is 9.61. The largest absolute Gasteiger partial charge is 0.229 e. The van der Waals surface area contributed by atoms with E-state index in [0.29, 0.717) is 0 Å². The molecule has 12 heavy (non-hydrogen) atoms. The Labute approximate surface area is 76.3 Å². The molecule has 2 nitrogen and oxygen atoms in total. The van der Waals surface area contributed by atoms with Gasteiger partial charge in [-0.2, -0.15) is 0 Å². The van der Waals surface area contributed by atoms with Gasteiger partial charge in [0.25, 0.3) is 0 Å². The van der Waals surface area contributed by atoms with E-state index in [-0.39, 0.29) is 5.25 Å². The highest BCUT2D eigenvalue weighted by molar-refractivity contribution is 7.91. The fourth-order valence-electron chi connectivity index (χ4n) is 1.07. The maximum absolute atomic E-state index is 11.0. The van der Waals surface area contributed by atoms with Crippen LogP contribution in [0.1, 0.15) is 46.0 Å². The van der Waals surface area contributed by atoms with Gasteiger partial charge in [0, 0.05) is 6.26 Å². The molecule has 0 aliphatic carbocycles. The van der Waals surface area contributed by atoms with Crippen LogP contribution in [0.25, 0.3) is 0 Å². The first-order valence-corrected chi connectivity index (χ1v) is 6.62. The molecule has 0 aliphatic heterocycles. The van der Waals surface area contributed by atoms with Gasteiger partial charge < -0.3 is 0 Å². The standard InChI is InChI=1S/C9H20O2S/c1-4-5-6-7-8-9(2)12(3,10)11/h9H,4-8H2,1-3H3/t9-/m1/s1. The van der Waals surface area contributed by atoms with Crippen LogP contribution in [0.5, 0.6) is 0 Å². The van der Waals surface area contributed by atoms with E-state index in [1.165, 1.54) is 19.1 Å². The van der Waals surface area contributed by atoms with Crippen molar-refractivity contribution < 1.29 is 8.42 Å². The molecule has 0 radical (unpaired) electrons. The van der Waals surface area contributed by atoms with Gasteiger partial charge in [-0.1, -0.05) is 32.6 Å². The maximum Gasteiger partial charge on any atom is 0.150 e. The smallest absolute Gasteiger partial charge is 0.150 e. The molecule has 0 aliphatic rings. The highest BCUT2D eigenvalue weighted by atomic mass is 32.2. The van der Waals surface area contributed by atoms with E-state index in [9.17, 15) is 8.42 Å². The molecule has 0 aromatic carbocycles. The highest BCUT2D eigenvalue weighted by Gasteiger charge is 2.13. The highest BCUT2D eigenvalue weighted by Crippen LogP contribution is 2.10. The van der Waals surface area contributed by atoms with Crippen LogP contribution in [0.2, 0.25) is 0 Å². The normalized spacial score (nSPS) is 14.6. The molecular weight excluding hydrogens is 172 g/mol. The SMILES string of the molecule is CCCCCC[C@@H](C)S(C)(=O)=O. The van der Waals surface area contributed by atoms with Crippen LogP contribution in [0.4, 0.5) is 0 Å². The van der Waals surface area contributed by atoms with Gasteiger partial charge in [-0.25, -0.2) is 8.42 Å². The van der Waals surface area contributed by atoms with E-state index >= 15 is 0 Å². The Morgan fingerprint density at radius 2 is 1.75 bits per heavy atom. The van der Waals surface area contributed by atoms with Crippen molar-refractivity contribution in [1.82, 2.24) is 0 Å². The molecule has 0 aromatic rings. The number of hydrogen-bond acceptors (Lipinski definition) is 2. The minimum absolute atomic E-state index is 0.158. The quantitative estimate of drug-likeness (QED) is 0.606. The molecule has 0 N–H and O–H groups in total. The average Bonchev–Trinajstić information content (AvgIpc) is 1.96. The summed E-state index contributed by atoms with van der Waals surface area (Å²) in [4.78, 5) is 0. The number of unbranched alkanes of at least 4 members (excludes halogenated alkanes) is 3. The number of hydrogen-bond donors (Lipinski definition) is 0. The first-order valence-electron chi connectivity index (χ1n) is 4.67. The monoisotopic (exact) mass is 192 g/mol. The fourth-order valence-corrected chi connectivity index (χ4v) is 1.67. The maximum atomic E-state index is 11.0. The van der Waals surface area contributed by atoms with Crippen LogP contribution in [-0.4, -0.2) is 19.9 Å². The van der Waals surface area contributed by atoms with Crippen molar-refractivity contribution >= 4 is 9.84 Å². The molecular formula is C9H20O2S. The molecule has 0 unspecified atom stereocenters. The van der Waals surface area contributed by atoms with Crippen molar-refractivity contribution in [2.24, 2.45) is 0 Å². The lowest BCUT2D eigenvalue weighted by atomic mass is 10.1. The van der Waals surface area contributed by atoms with Crippen LogP contribution >= 0.6 is 0 Å². The van der Waals surface area contributed by atoms with Gasteiger partial charge in [0.15, 0.2) is 0 Å². The summed E-state index contributed by atoms with van der Waals surface area (Å²) >= 11 is 0. The molecule has 1 atom stereocenters. The topological polar surface area (TPSA) is 34.1 Å². The van der Waals surface area contributed by atoms with Gasteiger partial charge in [-0.3, -0.25) is 0 Å². The van der Waals surface area contributed by atoms with E-state index in [2.05, 4.69) is 6.92 Å². The molecule has 0 heterocycles. The molecule has 0 fully saturated rings. The Balaban J connectivity index is 3.52. The molecule has 3 heteroatoms. The summed E-state index contributed by atoms with van der Waals surface area (Å²) in [7, 11) is -2.79.